The molecule has 0 atom stereocenters. The predicted molar refractivity (Wildman–Crippen MR) is 106 cm³/mol. The van der Waals surface area contributed by atoms with Gasteiger partial charge in [-0.3, -0.25) is 4.98 Å². The van der Waals surface area contributed by atoms with E-state index in [1.54, 1.807) is 14.2 Å². The van der Waals surface area contributed by atoms with Gasteiger partial charge >= 0.3 is 0 Å². The number of ether oxygens (including phenoxy) is 2. The van der Waals surface area contributed by atoms with Crippen LogP contribution in [-0.4, -0.2) is 30.3 Å². The van der Waals surface area contributed by atoms with Crippen LogP contribution in [0.2, 0.25) is 0 Å². The summed E-state index contributed by atoms with van der Waals surface area (Å²) in [5.41, 5.74) is 11.6. The van der Waals surface area contributed by atoms with Gasteiger partial charge < -0.3 is 19.8 Å². The number of methoxy groups -OCH3 is 2. The molecule has 134 valence electrons. The minimum Gasteiger partial charge on any atom is -0.493 e. The van der Waals surface area contributed by atoms with Gasteiger partial charge in [-0.2, -0.15) is 0 Å². The Bertz CT molecular complexity index is 1060. The van der Waals surface area contributed by atoms with Crippen molar-refractivity contribution in [1.82, 2.24) is 9.55 Å². The number of nitrogens with zero attached hydrogens (tertiary/aromatic N) is 2. The zero-order chi connectivity index (χ0) is 18.3. The fourth-order valence-electron chi connectivity index (χ4n) is 3.65. The van der Waals surface area contributed by atoms with Gasteiger partial charge in [0.2, 0.25) is 0 Å². The third-order valence-corrected chi connectivity index (χ3v) is 5.12. The summed E-state index contributed by atoms with van der Waals surface area (Å²) in [7, 11) is 3.30. The summed E-state index contributed by atoms with van der Waals surface area (Å²) in [5.74, 6) is 1.40. The molecule has 4 rings (SSSR count). The molecule has 5 nitrogen and oxygen atoms in total. The van der Waals surface area contributed by atoms with Crippen molar-refractivity contribution in [2.45, 2.75) is 19.8 Å². The van der Waals surface area contributed by atoms with Gasteiger partial charge in [0.05, 0.1) is 25.3 Å². The van der Waals surface area contributed by atoms with Crippen molar-refractivity contribution >= 4 is 27.5 Å². The van der Waals surface area contributed by atoms with E-state index in [1.165, 1.54) is 16.8 Å². The molecule has 0 amide bonds. The highest BCUT2D eigenvalue weighted by Gasteiger charge is 2.17. The van der Waals surface area contributed by atoms with E-state index in [0.717, 1.165) is 34.6 Å². The van der Waals surface area contributed by atoms with E-state index in [4.69, 9.17) is 15.2 Å². The lowest BCUT2D eigenvalue weighted by molar-refractivity contribution is 0.356. The Morgan fingerprint density at radius 3 is 2.50 bits per heavy atom. The first kappa shape index (κ1) is 16.7. The Balaban J connectivity index is 2.01. The first-order valence-corrected chi connectivity index (χ1v) is 8.77. The van der Waals surface area contributed by atoms with E-state index in [0.29, 0.717) is 18.0 Å². The van der Waals surface area contributed by atoms with Gasteiger partial charge in [-0.25, -0.2) is 0 Å². The molecule has 1 aromatic carbocycles. The zero-order valence-electron chi connectivity index (χ0n) is 15.4. The van der Waals surface area contributed by atoms with Crippen LogP contribution in [0.4, 0.5) is 0 Å². The van der Waals surface area contributed by atoms with Crippen LogP contribution in [0.3, 0.4) is 0 Å². The van der Waals surface area contributed by atoms with E-state index >= 15 is 0 Å². The minimum atomic E-state index is 0.624. The molecule has 2 N–H and O–H groups in total. The van der Waals surface area contributed by atoms with Crippen molar-refractivity contribution in [3.63, 3.8) is 0 Å². The molecule has 0 saturated heterocycles. The summed E-state index contributed by atoms with van der Waals surface area (Å²) in [5, 5.41) is 2.21. The molecule has 2 aromatic heterocycles. The van der Waals surface area contributed by atoms with Crippen LogP contribution in [-0.2, 0) is 0 Å². The molecule has 0 unspecified atom stereocenters. The SMILES string of the molecule is COc1cc2ncc3c(C)cn(C4=CC=C(CN)CC4)c3c2cc1OC. The lowest BCUT2D eigenvalue weighted by Gasteiger charge is -2.17. The molecule has 26 heavy (non-hydrogen) atoms. The van der Waals surface area contributed by atoms with Gasteiger partial charge in [-0.05, 0) is 37.5 Å². The van der Waals surface area contributed by atoms with Crippen molar-refractivity contribution in [1.29, 1.82) is 0 Å². The minimum absolute atomic E-state index is 0.624. The number of fused-ring (bicyclic) bond motifs is 3. The smallest absolute Gasteiger partial charge is 0.162 e. The third kappa shape index (κ3) is 2.56. The van der Waals surface area contributed by atoms with Crippen LogP contribution in [0, 0.1) is 6.92 Å². The Kier molecular flexibility index (Phi) is 4.17. The second kappa shape index (κ2) is 6.50. The number of aromatic nitrogens is 2. The second-order valence-electron chi connectivity index (χ2n) is 6.61. The normalized spacial score (nSPS) is 14.5. The summed E-state index contributed by atoms with van der Waals surface area (Å²) < 4.78 is 13.2. The Hall–Kier alpha value is -2.79. The molecule has 0 spiro atoms. The van der Waals surface area contributed by atoms with Crippen LogP contribution in [0.25, 0.3) is 27.5 Å². The Morgan fingerprint density at radius 2 is 1.85 bits per heavy atom. The van der Waals surface area contributed by atoms with E-state index in [-0.39, 0.29) is 0 Å². The maximum Gasteiger partial charge on any atom is 0.162 e. The largest absolute Gasteiger partial charge is 0.493 e. The number of hydrogen-bond acceptors (Lipinski definition) is 4. The highest BCUT2D eigenvalue weighted by molar-refractivity contribution is 6.07. The number of aryl methyl sites for hydroxylation is 1. The highest BCUT2D eigenvalue weighted by Crippen LogP contribution is 2.37. The lowest BCUT2D eigenvalue weighted by atomic mass is 10.0. The molecular weight excluding hydrogens is 326 g/mol. The van der Waals surface area contributed by atoms with Crippen molar-refractivity contribution < 1.29 is 9.47 Å². The Labute approximate surface area is 152 Å². The summed E-state index contributed by atoms with van der Waals surface area (Å²) >= 11 is 0. The van der Waals surface area contributed by atoms with Crippen LogP contribution < -0.4 is 15.2 Å². The Morgan fingerprint density at radius 1 is 1.08 bits per heavy atom. The van der Waals surface area contributed by atoms with Crippen molar-refractivity contribution in [3.05, 3.63) is 47.8 Å². The van der Waals surface area contributed by atoms with E-state index in [1.807, 2.05) is 18.3 Å². The molecular formula is C21H23N3O2. The molecule has 0 radical (unpaired) electrons. The number of hydrogen-bond donors (Lipinski definition) is 1. The van der Waals surface area contributed by atoms with Crippen LogP contribution >= 0.6 is 0 Å². The number of rotatable bonds is 4. The second-order valence-corrected chi connectivity index (χ2v) is 6.61. The summed E-state index contributed by atoms with van der Waals surface area (Å²) in [4.78, 5) is 4.64. The predicted octanol–water partition coefficient (Wildman–Crippen LogP) is 4.03. The van der Waals surface area contributed by atoms with Gasteiger partial charge in [-0.15, -0.1) is 0 Å². The summed E-state index contributed by atoms with van der Waals surface area (Å²) in [6.45, 7) is 2.75. The quantitative estimate of drug-likeness (QED) is 0.772. The molecule has 0 bridgehead atoms. The summed E-state index contributed by atoms with van der Waals surface area (Å²) in [6.07, 6.45) is 10.4. The maximum atomic E-state index is 5.78. The van der Waals surface area contributed by atoms with E-state index in [2.05, 4.69) is 34.8 Å². The maximum absolute atomic E-state index is 5.78. The number of pyridine rings is 1. The van der Waals surface area contributed by atoms with Crippen LogP contribution in [0.1, 0.15) is 18.4 Å². The fourth-order valence-corrected chi connectivity index (χ4v) is 3.65. The number of allylic oxidation sites excluding steroid dienone is 3. The molecule has 0 saturated carbocycles. The molecule has 0 fully saturated rings. The van der Waals surface area contributed by atoms with Gasteiger partial charge in [0.25, 0.3) is 0 Å². The molecule has 1 aliphatic rings. The topological polar surface area (TPSA) is 62.3 Å². The van der Waals surface area contributed by atoms with Crippen molar-refractivity contribution in [2.75, 3.05) is 20.8 Å². The van der Waals surface area contributed by atoms with E-state index < -0.39 is 0 Å². The van der Waals surface area contributed by atoms with Gasteiger partial charge in [-0.1, -0.05) is 11.6 Å². The van der Waals surface area contributed by atoms with Crippen LogP contribution in [0.5, 0.6) is 11.5 Å². The van der Waals surface area contributed by atoms with Crippen molar-refractivity contribution in [2.24, 2.45) is 5.73 Å². The van der Waals surface area contributed by atoms with Gasteiger partial charge in [0.1, 0.15) is 0 Å². The molecule has 3 aromatic rings. The zero-order valence-corrected chi connectivity index (χ0v) is 15.4. The summed E-state index contributed by atoms with van der Waals surface area (Å²) in [6, 6.07) is 3.95. The average molecular weight is 349 g/mol. The van der Waals surface area contributed by atoms with Crippen LogP contribution in [0.15, 0.2) is 42.3 Å². The molecule has 5 heteroatoms. The van der Waals surface area contributed by atoms with E-state index in [9.17, 15) is 0 Å². The van der Waals surface area contributed by atoms with Gasteiger partial charge in [0.15, 0.2) is 11.5 Å². The molecule has 1 aliphatic carbocycles. The highest BCUT2D eigenvalue weighted by atomic mass is 16.5. The standard InChI is InChI=1S/C21H23N3O2/c1-13-12-24(15-6-4-14(10-22)5-7-15)21-16-8-19(25-2)20(26-3)9-18(16)23-11-17(13)21/h4,6,8-9,11-12H,5,7,10,22H2,1-3H3. The molecule has 2 heterocycles. The third-order valence-electron chi connectivity index (χ3n) is 5.12. The average Bonchev–Trinajstić information content (AvgIpc) is 3.03. The first-order chi connectivity index (χ1) is 12.7. The lowest BCUT2D eigenvalue weighted by Crippen LogP contribution is -2.07. The number of nitrogens with two attached hydrogens (primary N) is 1. The fraction of sp³-hybridized carbons (Fsp3) is 0.286. The first-order valence-electron chi connectivity index (χ1n) is 8.77. The van der Waals surface area contributed by atoms with Crippen molar-refractivity contribution in [3.8, 4) is 11.5 Å². The number of benzene rings is 1. The van der Waals surface area contributed by atoms with Gasteiger partial charge in [0, 0.05) is 41.5 Å². The monoisotopic (exact) mass is 349 g/mol. The molecule has 0 aliphatic heterocycles.